The van der Waals surface area contributed by atoms with Crippen LogP contribution in [0.2, 0.25) is 0 Å². The fourth-order valence-corrected chi connectivity index (χ4v) is 1.16. The Morgan fingerprint density at radius 3 is 2.62 bits per heavy atom. The largest absolute Gasteiger partial charge is 0.322 e. The zero-order chi connectivity index (χ0) is 6.41. The van der Waals surface area contributed by atoms with Crippen molar-refractivity contribution >= 4 is 11.8 Å². The third-order valence-electron chi connectivity index (χ3n) is 1.22. The SMILES string of the molecule is CCC(C)CSCN. The summed E-state index contributed by atoms with van der Waals surface area (Å²) < 4.78 is 0. The Morgan fingerprint density at radius 1 is 1.62 bits per heavy atom. The summed E-state index contributed by atoms with van der Waals surface area (Å²) in [5.74, 6) is 2.82. The molecule has 50 valence electrons. The summed E-state index contributed by atoms with van der Waals surface area (Å²) in [4.78, 5) is 0. The lowest BCUT2D eigenvalue weighted by Gasteiger charge is -2.04. The van der Waals surface area contributed by atoms with Crippen molar-refractivity contribution < 1.29 is 0 Å². The van der Waals surface area contributed by atoms with Gasteiger partial charge in [0.2, 0.25) is 0 Å². The predicted octanol–water partition coefficient (Wildman–Crippen LogP) is 1.68. The van der Waals surface area contributed by atoms with Crippen LogP contribution >= 0.6 is 11.8 Å². The van der Waals surface area contributed by atoms with Crippen molar-refractivity contribution in [3.05, 3.63) is 0 Å². The lowest BCUT2D eigenvalue weighted by molar-refractivity contribution is 0.637. The molecule has 0 aromatic carbocycles. The maximum atomic E-state index is 5.29. The highest BCUT2D eigenvalue weighted by Gasteiger charge is 1.95. The average Bonchev–Trinajstić information content (AvgIpc) is 1.83. The Kier molecular flexibility index (Phi) is 5.66. The van der Waals surface area contributed by atoms with E-state index in [0.29, 0.717) is 0 Å². The monoisotopic (exact) mass is 133 g/mol. The molecule has 1 unspecified atom stereocenters. The first-order valence-electron chi connectivity index (χ1n) is 3.09. The zero-order valence-electron chi connectivity index (χ0n) is 5.68. The van der Waals surface area contributed by atoms with Gasteiger partial charge in [-0.25, -0.2) is 0 Å². The lowest BCUT2D eigenvalue weighted by atomic mass is 10.2. The molecule has 0 aromatic heterocycles. The summed E-state index contributed by atoms with van der Waals surface area (Å²) in [7, 11) is 0. The van der Waals surface area contributed by atoms with Crippen molar-refractivity contribution in [1.29, 1.82) is 0 Å². The lowest BCUT2D eigenvalue weighted by Crippen LogP contribution is -2.00. The topological polar surface area (TPSA) is 26.0 Å². The maximum absolute atomic E-state index is 5.29. The summed E-state index contributed by atoms with van der Waals surface area (Å²) in [6, 6.07) is 0. The Bertz CT molecular complexity index is 47.8. The fraction of sp³-hybridized carbons (Fsp3) is 1.00. The molecule has 1 atom stereocenters. The summed E-state index contributed by atoms with van der Waals surface area (Å²) in [5, 5.41) is 0. The molecular formula is C6H15NS. The van der Waals surface area contributed by atoms with Crippen LogP contribution in [0.3, 0.4) is 0 Å². The second-order valence-corrected chi connectivity index (χ2v) is 3.13. The molecule has 0 aliphatic heterocycles. The van der Waals surface area contributed by atoms with Gasteiger partial charge in [0, 0.05) is 5.88 Å². The van der Waals surface area contributed by atoms with Gasteiger partial charge in [0.15, 0.2) is 0 Å². The van der Waals surface area contributed by atoms with Gasteiger partial charge >= 0.3 is 0 Å². The average molecular weight is 133 g/mol. The van der Waals surface area contributed by atoms with Gasteiger partial charge in [-0.3, -0.25) is 0 Å². The molecule has 8 heavy (non-hydrogen) atoms. The number of hydrogen-bond donors (Lipinski definition) is 1. The Hall–Kier alpha value is 0.310. The molecule has 0 rings (SSSR count). The minimum Gasteiger partial charge on any atom is -0.322 e. The molecule has 2 heteroatoms. The van der Waals surface area contributed by atoms with E-state index in [1.54, 1.807) is 0 Å². The standard InChI is InChI=1S/C6H15NS/c1-3-6(2)4-8-5-7/h6H,3-5,7H2,1-2H3. The van der Waals surface area contributed by atoms with E-state index in [0.717, 1.165) is 11.8 Å². The summed E-state index contributed by atoms with van der Waals surface area (Å²) in [5.41, 5.74) is 5.29. The van der Waals surface area contributed by atoms with Crippen LogP contribution in [-0.2, 0) is 0 Å². The molecule has 2 N–H and O–H groups in total. The van der Waals surface area contributed by atoms with Gasteiger partial charge in [-0.05, 0) is 11.7 Å². The molecule has 0 aliphatic carbocycles. The molecule has 0 aliphatic rings. The van der Waals surface area contributed by atoms with Crippen LogP contribution in [0.15, 0.2) is 0 Å². The van der Waals surface area contributed by atoms with Gasteiger partial charge < -0.3 is 5.73 Å². The normalized spacial score (nSPS) is 13.9. The summed E-state index contributed by atoms with van der Waals surface area (Å²) in [6.07, 6.45) is 1.27. The van der Waals surface area contributed by atoms with E-state index < -0.39 is 0 Å². The highest BCUT2D eigenvalue weighted by atomic mass is 32.2. The van der Waals surface area contributed by atoms with E-state index in [-0.39, 0.29) is 0 Å². The molecule has 0 heterocycles. The minimum atomic E-state index is 0.768. The summed E-state index contributed by atoms with van der Waals surface area (Å²) in [6.45, 7) is 4.46. The minimum absolute atomic E-state index is 0.768. The first-order valence-corrected chi connectivity index (χ1v) is 4.24. The molecule has 0 saturated carbocycles. The van der Waals surface area contributed by atoms with Crippen molar-refractivity contribution in [3.63, 3.8) is 0 Å². The molecule has 0 aromatic rings. The van der Waals surface area contributed by atoms with E-state index >= 15 is 0 Å². The van der Waals surface area contributed by atoms with Crippen molar-refractivity contribution in [1.82, 2.24) is 0 Å². The van der Waals surface area contributed by atoms with E-state index in [1.165, 1.54) is 12.2 Å². The number of thioether (sulfide) groups is 1. The van der Waals surface area contributed by atoms with Gasteiger partial charge in [0.05, 0.1) is 0 Å². The summed E-state index contributed by atoms with van der Waals surface area (Å²) >= 11 is 1.82. The van der Waals surface area contributed by atoms with Crippen molar-refractivity contribution in [2.45, 2.75) is 20.3 Å². The maximum Gasteiger partial charge on any atom is 0.0392 e. The highest BCUT2D eigenvalue weighted by Crippen LogP contribution is 2.08. The van der Waals surface area contributed by atoms with Crippen LogP contribution in [0, 0.1) is 5.92 Å². The molecule has 0 spiro atoms. The van der Waals surface area contributed by atoms with Crippen molar-refractivity contribution in [3.8, 4) is 0 Å². The van der Waals surface area contributed by atoms with Crippen LogP contribution in [0.4, 0.5) is 0 Å². The van der Waals surface area contributed by atoms with E-state index in [2.05, 4.69) is 13.8 Å². The van der Waals surface area contributed by atoms with Crippen LogP contribution < -0.4 is 5.73 Å². The Balaban J connectivity index is 2.86. The first kappa shape index (κ1) is 8.31. The van der Waals surface area contributed by atoms with Gasteiger partial charge in [0.25, 0.3) is 0 Å². The molecular weight excluding hydrogens is 118 g/mol. The third kappa shape index (κ3) is 4.47. The molecule has 0 bridgehead atoms. The van der Waals surface area contributed by atoms with E-state index in [4.69, 9.17) is 5.73 Å². The third-order valence-corrected chi connectivity index (χ3v) is 2.26. The van der Waals surface area contributed by atoms with Crippen LogP contribution in [0.1, 0.15) is 20.3 Å². The predicted molar refractivity (Wildman–Crippen MR) is 41.0 cm³/mol. The van der Waals surface area contributed by atoms with Gasteiger partial charge in [0.1, 0.15) is 0 Å². The molecule has 1 nitrogen and oxygen atoms in total. The second kappa shape index (κ2) is 5.45. The van der Waals surface area contributed by atoms with Crippen LogP contribution in [0.5, 0.6) is 0 Å². The highest BCUT2D eigenvalue weighted by molar-refractivity contribution is 7.99. The first-order chi connectivity index (χ1) is 3.81. The smallest absolute Gasteiger partial charge is 0.0392 e. The van der Waals surface area contributed by atoms with E-state index in [9.17, 15) is 0 Å². The molecule has 0 saturated heterocycles. The Labute approximate surface area is 56.0 Å². The van der Waals surface area contributed by atoms with Gasteiger partial charge in [-0.1, -0.05) is 20.3 Å². The van der Waals surface area contributed by atoms with Gasteiger partial charge in [-0.15, -0.1) is 11.8 Å². The fourth-order valence-electron chi connectivity index (χ4n) is 0.387. The van der Waals surface area contributed by atoms with E-state index in [1.807, 2.05) is 11.8 Å². The Morgan fingerprint density at radius 2 is 2.25 bits per heavy atom. The zero-order valence-corrected chi connectivity index (χ0v) is 6.50. The molecule has 0 radical (unpaired) electrons. The van der Waals surface area contributed by atoms with Crippen LogP contribution in [-0.4, -0.2) is 11.6 Å². The number of nitrogens with two attached hydrogens (primary N) is 1. The van der Waals surface area contributed by atoms with Crippen LogP contribution in [0.25, 0.3) is 0 Å². The molecule has 0 fully saturated rings. The van der Waals surface area contributed by atoms with Gasteiger partial charge in [-0.2, -0.15) is 0 Å². The quantitative estimate of drug-likeness (QED) is 0.590. The second-order valence-electron chi connectivity index (χ2n) is 2.05. The molecule has 0 amide bonds. The van der Waals surface area contributed by atoms with Crippen molar-refractivity contribution in [2.75, 3.05) is 11.6 Å². The number of rotatable bonds is 4. The van der Waals surface area contributed by atoms with Crippen molar-refractivity contribution in [2.24, 2.45) is 11.7 Å². The number of hydrogen-bond acceptors (Lipinski definition) is 2.